The number of rotatable bonds is 3. The maximum absolute atomic E-state index is 11.0. The Morgan fingerprint density at radius 3 is 2.60 bits per heavy atom. The van der Waals surface area contributed by atoms with Crippen molar-refractivity contribution in [3.05, 3.63) is 35.5 Å². The van der Waals surface area contributed by atoms with Crippen molar-refractivity contribution in [2.24, 2.45) is 7.05 Å². The van der Waals surface area contributed by atoms with Crippen molar-refractivity contribution < 1.29 is 4.79 Å². The molecule has 1 aromatic heterocycles. The van der Waals surface area contributed by atoms with Crippen LogP contribution in [0.1, 0.15) is 18.2 Å². The van der Waals surface area contributed by atoms with Gasteiger partial charge in [-0.25, -0.2) is 0 Å². The maximum Gasteiger partial charge on any atom is 0.221 e. The van der Waals surface area contributed by atoms with Gasteiger partial charge in [0.1, 0.15) is 16.7 Å². The Morgan fingerprint density at radius 1 is 1.40 bits per heavy atom. The number of hydrogen-bond acceptors (Lipinski definition) is 4. The van der Waals surface area contributed by atoms with Crippen LogP contribution in [0, 0.1) is 18.3 Å². The third-order valence-electron chi connectivity index (χ3n) is 2.67. The zero-order chi connectivity index (χ0) is 14.7. The van der Waals surface area contributed by atoms with Crippen LogP contribution in [-0.4, -0.2) is 15.7 Å². The monoisotopic (exact) mass is 286 g/mol. The highest BCUT2D eigenvalue weighted by Crippen LogP contribution is 2.31. The van der Waals surface area contributed by atoms with Gasteiger partial charge in [0.15, 0.2) is 0 Å². The maximum atomic E-state index is 11.0. The summed E-state index contributed by atoms with van der Waals surface area (Å²) in [4.78, 5) is 11.9. The Balaban J connectivity index is 2.23. The molecule has 0 fully saturated rings. The van der Waals surface area contributed by atoms with Gasteiger partial charge in [0, 0.05) is 24.6 Å². The average Bonchev–Trinajstić information content (AvgIpc) is 2.65. The molecule has 20 heavy (non-hydrogen) atoms. The fraction of sp³-hybridized carbons (Fsp3) is 0.214. The van der Waals surface area contributed by atoms with E-state index >= 15 is 0 Å². The molecular weight excluding hydrogens is 272 g/mol. The predicted octanol–water partition coefficient (Wildman–Crippen LogP) is 2.71. The topological polar surface area (TPSA) is 70.7 Å². The number of aryl methyl sites for hydroxylation is 2. The molecular formula is C14H14N4OS. The van der Waals surface area contributed by atoms with E-state index in [1.807, 2.05) is 38.2 Å². The fourth-order valence-corrected chi connectivity index (χ4v) is 2.77. The number of hydrogen-bond donors (Lipinski definition) is 1. The quantitative estimate of drug-likeness (QED) is 0.941. The highest BCUT2D eigenvalue weighted by molar-refractivity contribution is 7.99. The summed E-state index contributed by atoms with van der Waals surface area (Å²) >= 11 is 1.48. The van der Waals surface area contributed by atoms with Crippen molar-refractivity contribution in [1.29, 1.82) is 5.26 Å². The van der Waals surface area contributed by atoms with E-state index in [4.69, 9.17) is 5.26 Å². The van der Waals surface area contributed by atoms with Gasteiger partial charge in [0.2, 0.25) is 5.91 Å². The first-order valence-corrected chi connectivity index (χ1v) is 6.82. The molecule has 1 N–H and O–H groups in total. The molecule has 0 saturated carbocycles. The number of anilines is 1. The molecule has 1 aromatic carbocycles. The van der Waals surface area contributed by atoms with Crippen LogP contribution in [0.4, 0.5) is 5.69 Å². The molecule has 102 valence electrons. The molecule has 0 spiro atoms. The summed E-state index contributed by atoms with van der Waals surface area (Å²) in [6.45, 7) is 3.29. The van der Waals surface area contributed by atoms with E-state index in [1.165, 1.54) is 18.7 Å². The third kappa shape index (κ3) is 3.00. The first-order chi connectivity index (χ1) is 9.51. The SMILES string of the molecule is CC(=O)Nc1ccc(Sc2c(C#N)c(C)nn2C)cc1. The Kier molecular flexibility index (Phi) is 4.11. The lowest BCUT2D eigenvalue weighted by atomic mass is 10.3. The Bertz CT molecular complexity index is 682. The Labute approximate surface area is 121 Å². The minimum Gasteiger partial charge on any atom is -0.326 e. The summed E-state index contributed by atoms with van der Waals surface area (Å²) in [7, 11) is 1.82. The Morgan fingerprint density at radius 2 is 2.05 bits per heavy atom. The summed E-state index contributed by atoms with van der Waals surface area (Å²) in [6, 6.07) is 9.65. The van der Waals surface area contributed by atoms with Gasteiger partial charge < -0.3 is 5.32 Å². The predicted molar refractivity (Wildman–Crippen MR) is 77.5 cm³/mol. The van der Waals surface area contributed by atoms with E-state index in [2.05, 4.69) is 16.5 Å². The number of nitrogens with zero attached hydrogens (tertiary/aromatic N) is 3. The highest BCUT2D eigenvalue weighted by Gasteiger charge is 2.14. The van der Waals surface area contributed by atoms with Crippen LogP contribution >= 0.6 is 11.8 Å². The third-order valence-corrected chi connectivity index (χ3v) is 3.84. The molecule has 0 saturated heterocycles. The molecule has 0 bridgehead atoms. The van der Waals surface area contributed by atoms with E-state index in [9.17, 15) is 4.79 Å². The van der Waals surface area contributed by atoms with Gasteiger partial charge in [-0.2, -0.15) is 10.4 Å². The van der Waals surface area contributed by atoms with E-state index in [-0.39, 0.29) is 5.91 Å². The molecule has 0 aliphatic carbocycles. The molecule has 0 atom stereocenters. The van der Waals surface area contributed by atoms with Crippen molar-refractivity contribution in [2.45, 2.75) is 23.8 Å². The number of carbonyl (C=O) groups excluding carboxylic acids is 1. The molecule has 2 rings (SSSR count). The smallest absolute Gasteiger partial charge is 0.221 e. The van der Waals surface area contributed by atoms with Crippen molar-refractivity contribution in [1.82, 2.24) is 9.78 Å². The first kappa shape index (κ1) is 14.2. The minimum atomic E-state index is -0.0978. The standard InChI is InChI=1S/C14H14N4OS/c1-9-13(8-15)14(18(3)17-9)20-12-6-4-11(5-7-12)16-10(2)19/h4-7H,1-3H3,(H,16,19). The van der Waals surface area contributed by atoms with Crippen LogP contribution in [-0.2, 0) is 11.8 Å². The van der Waals surface area contributed by atoms with Crippen LogP contribution in [0.5, 0.6) is 0 Å². The number of amides is 1. The number of nitrogens with one attached hydrogen (secondary N) is 1. The van der Waals surface area contributed by atoms with Crippen LogP contribution in [0.2, 0.25) is 0 Å². The molecule has 0 radical (unpaired) electrons. The van der Waals surface area contributed by atoms with Gasteiger partial charge in [0.05, 0.1) is 5.69 Å². The highest BCUT2D eigenvalue weighted by atomic mass is 32.2. The number of aromatic nitrogens is 2. The normalized spacial score (nSPS) is 10.1. The van der Waals surface area contributed by atoms with Crippen LogP contribution < -0.4 is 5.32 Å². The second-order valence-corrected chi connectivity index (χ2v) is 5.37. The van der Waals surface area contributed by atoms with E-state index in [1.54, 1.807) is 4.68 Å². The molecule has 5 nitrogen and oxygen atoms in total. The second-order valence-electron chi connectivity index (χ2n) is 4.31. The van der Waals surface area contributed by atoms with Gasteiger partial charge in [0.25, 0.3) is 0 Å². The lowest BCUT2D eigenvalue weighted by Gasteiger charge is -2.05. The van der Waals surface area contributed by atoms with Gasteiger partial charge >= 0.3 is 0 Å². The number of nitriles is 1. The summed E-state index contributed by atoms with van der Waals surface area (Å²) in [5.41, 5.74) is 2.08. The van der Waals surface area contributed by atoms with Crippen LogP contribution in [0.15, 0.2) is 34.2 Å². The van der Waals surface area contributed by atoms with Crippen molar-refractivity contribution in [3.63, 3.8) is 0 Å². The lowest BCUT2D eigenvalue weighted by molar-refractivity contribution is -0.114. The summed E-state index contributed by atoms with van der Waals surface area (Å²) in [5.74, 6) is -0.0978. The molecule has 1 amide bonds. The average molecular weight is 286 g/mol. The molecule has 0 aliphatic rings. The minimum absolute atomic E-state index is 0.0978. The summed E-state index contributed by atoms with van der Waals surface area (Å²) < 4.78 is 1.71. The molecule has 1 heterocycles. The zero-order valence-corrected chi connectivity index (χ0v) is 12.3. The first-order valence-electron chi connectivity index (χ1n) is 6.00. The lowest BCUT2D eigenvalue weighted by Crippen LogP contribution is -2.05. The van der Waals surface area contributed by atoms with Crippen molar-refractivity contribution >= 4 is 23.4 Å². The molecule has 6 heteroatoms. The molecule has 0 unspecified atom stereocenters. The van der Waals surface area contributed by atoms with Crippen molar-refractivity contribution in [3.8, 4) is 6.07 Å². The van der Waals surface area contributed by atoms with E-state index in [0.717, 1.165) is 21.3 Å². The summed E-state index contributed by atoms with van der Waals surface area (Å²) in [5, 5.41) is 17.0. The van der Waals surface area contributed by atoms with E-state index in [0.29, 0.717) is 5.56 Å². The largest absolute Gasteiger partial charge is 0.326 e. The van der Waals surface area contributed by atoms with Crippen molar-refractivity contribution in [2.75, 3.05) is 5.32 Å². The second kappa shape index (κ2) is 5.80. The zero-order valence-electron chi connectivity index (χ0n) is 11.5. The van der Waals surface area contributed by atoms with Crippen LogP contribution in [0.3, 0.4) is 0 Å². The molecule has 2 aromatic rings. The van der Waals surface area contributed by atoms with Gasteiger partial charge in [-0.1, -0.05) is 11.8 Å². The van der Waals surface area contributed by atoms with Gasteiger partial charge in [-0.3, -0.25) is 9.48 Å². The number of benzene rings is 1. The fourth-order valence-electron chi connectivity index (χ4n) is 1.80. The molecule has 0 aliphatic heterocycles. The van der Waals surface area contributed by atoms with Crippen LogP contribution in [0.25, 0.3) is 0 Å². The Hall–Kier alpha value is -2.26. The summed E-state index contributed by atoms with van der Waals surface area (Å²) in [6.07, 6.45) is 0. The number of carbonyl (C=O) groups is 1. The van der Waals surface area contributed by atoms with Gasteiger partial charge in [-0.05, 0) is 31.2 Å². The van der Waals surface area contributed by atoms with Gasteiger partial charge in [-0.15, -0.1) is 0 Å². The van der Waals surface area contributed by atoms with E-state index < -0.39 is 0 Å².